The molecule has 0 amide bonds. The van der Waals surface area contributed by atoms with Crippen molar-refractivity contribution >= 4 is 16.8 Å². The minimum Gasteiger partial charge on any atom is -0.374 e. The van der Waals surface area contributed by atoms with Crippen LogP contribution in [0.15, 0.2) is 41.1 Å². The number of allylic oxidation sites excluding steroid dienone is 2. The second-order valence-corrected chi connectivity index (χ2v) is 5.02. The summed E-state index contributed by atoms with van der Waals surface area (Å²) in [7, 11) is 0. The molecule has 18 heavy (non-hydrogen) atoms. The van der Waals surface area contributed by atoms with E-state index >= 15 is 0 Å². The van der Waals surface area contributed by atoms with Crippen molar-refractivity contribution in [3.05, 3.63) is 36.1 Å². The second kappa shape index (κ2) is 10.1. The number of aliphatic hydroxyl groups is 1. The molecular formula is C14H24N2OS. The summed E-state index contributed by atoms with van der Waals surface area (Å²) in [5.41, 5.74) is 1.70. The lowest BCUT2D eigenvalue weighted by Gasteiger charge is -2.10. The topological polar surface area (TPSA) is 44.6 Å². The smallest absolute Gasteiger partial charge is 0.130 e. The zero-order valence-electron chi connectivity index (χ0n) is 11.7. The lowest BCUT2D eigenvalue weighted by molar-refractivity contribution is 0.179. The van der Waals surface area contributed by atoms with Crippen molar-refractivity contribution < 1.29 is 5.11 Å². The first-order valence-corrected chi connectivity index (χ1v) is 7.07. The summed E-state index contributed by atoms with van der Waals surface area (Å²) in [4.78, 5) is 4.40. The van der Waals surface area contributed by atoms with Gasteiger partial charge in [-0.15, -0.1) is 11.8 Å². The first-order chi connectivity index (χ1) is 8.51. The SMILES string of the molecule is C=C(/C=C/CSC(C)=N/C(C)=C/C)C(O)NCC. The Morgan fingerprint density at radius 3 is 2.72 bits per heavy atom. The van der Waals surface area contributed by atoms with Crippen LogP contribution in [0.1, 0.15) is 27.7 Å². The van der Waals surface area contributed by atoms with Crippen molar-refractivity contribution in [1.29, 1.82) is 0 Å². The predicted octanol–water partition coefficient (Wildman–Crippen LogP) is 3.10. The maximum Gasteiger partial charge on any atom is 0.130 e. The fourth-order valence-corrected chi connectivity index (χ4v) is 1.77. The molecule has 0 radical (unpaired) electrons. The zero-order valence-corrected chi connectivity index (χ0v) is 12.5. The molecule has 1 unspecified atom stereocenters. The highest BCUT2D eigenvalue weighted by molar-refractivity contribution is 8.14. The summed E-state index contributed by atoms with van der Waals surface area (Å²) in [6, 6.07) is 0. The molecule has 1 atom stereocenters. The molecule has 102 valence electrons. The minimum absolute atomic E-state index is 0.656. The molecule has 0 saturated carbocycles. The van der Waals surface area contributed by atoms with Gasteiger partial charge in [0.1, 0.15) is 6.23 Å². The van der Waals surface area contributed by atoms with E-state index in [9.17, 15) is 5.11 Å². The third-order valence-electron chi connectivity index (χ3n) is 2.22. The quantitative estimate of drug-likeness (QED) is 0.323. The molecule has 0 aromatic heterocycles. The van der Waals surface area contributed by atoms with Crippen LogP contribution in [0, 0.1) is 0 Å². The van der Waals surface area contributed by atoms with E-state index in [1.54, 1.807) is 11.8 Å². The van der Waals surface area contributed by atoms with Gasteiger partial charge in [0, 0.05) is 11.4 Å². The molecule has 0 saturated heterocycles. The van der Waals surface area contributed by atoms with Crippen LogP contribution in [0.5, 0.6) is 0 Å². The Kier molecular flexibility index (Phi) is 9.64. The van der Waals surface area contributed by atoms with Crippen molar-refractivity contribution in [2.24, 2.45) is 4.99 Å². The fourth-order valence-electron chi connectivity index (χ4n) is 1.13. The van der Waals surface area contributed by atoms with Crippen LogP contribution in [0.25, 0.3) is 0 Å². The molecule has 0 aromatic rings. The van der Waals surface area contributed by atoms with E-state index in [2.05, 4.69) is 16.9 Å². The molecule has 0 aliphatic carbocycles. The predicted molar refractivity (Wildman–Crippen MR) is 83.0 cm³/mol. The van der Waals surface area contributed by atoms with Gasteiger partial charge in [-0.05, 0) is 32.9 Å². The average molecular weight is 268 g/mol. The monoisotopic (exact) mass is 268 g/mol. The van der Waals surface area contributed by atoms with Crippen molar-refractivity contribution in [3.8, 4) is 0 Å². The molecule has 0 aliphatic rings. The van der Waals surface area contributed by atoms with Gasteiger partial charge in [-0.2, -0.15) is 0 Å². The van der Waals surface area contributed by atoms with Gasteiger partial charge in [0.25, 0.3) is 0 Å². The highest BCUT2D eigenvalue weighted by Gasteiger charge is 2.02. The number of rotatable bonds is 7. The van der Waals surface area contributed by atoms with Gasteiger partial charge < -0.3 is 5.11 Å². The van der Waals surface area contributed by atoms with Crippen LogP contribution in [-0.2, 0) is 0 Å². The van der Waals surface area contributed by atoms with Crippen LogP contribution < -0.4 is 5.32 Å². The Balaban J connectivity index is 4.04. The first-order valence-electron chi connectivity index (χ1n) is 6.09. The standard InChI is InChI=1S/C14H24N2OS/c1-6-12(4)16-13(5)18-10-8-9-11(3)14(17)15-7-2/h6,8-9,14-15,17H,3,7,10H2,1-2,4-5H3/b9-8+,12-6+,16-13?. The number of likely N-dealkylation sites (N-methyl/N-ethyl adjacent to an activating group) is 1. The maximum absolute atomic E-state index is 9.58. The van der Waals surface area contributed by atoms with E-state index in [-0.39, 0.29) is 0 Å². The highest BCUT2D eigenvalue weighted by Crippen LogP contribution is 2.08. The van der Waals surface area contributed by atoms with Gasteiger partial charge in [0.15, 0.2) is 0 Å². The third kappa shape index (κ3) is 8.28. The van der Waals surface area contributed by atoms with Crippen LogP contribution in [-0.4, -0.2) is 28.7 Å². The normalized spacial score (nSPS) is 15.2. The van der Waals surface area contributed by atoms with Crippen LogP contribution >= 0.6 is 11.8 Å². The van der Waals surface area contributed by atoms with E-state index in [0.29, 0.717) is 5.57 Å². The number of aliphatic imine (C=N–C) groups is 1. The number of nitrogens with zero attached hydrogens (tertiary/aromatic N) is 1. The van der Waals surface area contributed by atoms with Gasteiger partial charge in [-0.3, -0.25) is 10.3 Å². The first kappa shape index (κ1) is 17.2. The number of hydrogen-bond donors (Lipinski definition) is 2. The molecule has 0 rings (SSSR count). The van der Waals surface area contributed by atoms with Gasteiger partial charge in [0.05, 0.1) is 5.04 Å². The Morgan fingerprint density at radius 2 is 2.17 bits per heavy atom. The number of nitrogens with one attached hydrogen (secondary N) is 1. The van der Waals surface area contributed by atoms with E-state index in [4.69, 9.17) is 0 Å². The van der Waals surface area contributed by atoms with Crippen LogP contribution in [0.3, 0.4) is 0 Å². The molecule has 2 N–H and O–H groups in total. The number of aliphatic hydroxyl groups excluding tert-OH is 1. The van der Waals surface area contributed by atoms with Crippen molar-refractivity contribution in [1.82, 2.24) is 5.32 Å². The summed E-state index contributed by atoms with van der Waals surface area (Å²) in [6.45, 7) is 12.4. The Labute approximate surface area is 115 Å². The van der Waals surface area contributed by atoms with Gasteiger partial charge in [-0.1, -0.05) is 31.7 Å². The van der Waals surface area contributed by atoms with E-state index in [1.807, 2.05) is 45.9 Å². The summed E-state index contributed by atoms with van der Waals surface area (Å²) in [6.07, 6.45) is 5.15. The van der Waals surface area contributed by atoms with Crippen LogP contribution in [0.2, 0.25) is 0 Å². The zero-order chi connectivity index (χ0) is 14.0. The van der Waals surface area contributed by atoms with Gasteiger partial charge >= 0.3 is 0 Å². The van der Waals surface area contributed by atoms with Gasteiger partial charge in [0.2, 0.25) is 0 Å². The largest absolute Gasteiger partial charge is 0.374 e. The molecule has 3 nitrogen and oxygen atoms in total. The van der Waals surface area contributed by atoms with E-state index in [0.717, 1.165) is 23.0 Å². The summed E-state index contributed by atoms with van der Waals surface area (Å²) in [5, 5.41) is 13.5. The second-order valence-electron chi connectivity index (χ2n) is 3.81. The van der Waals surface area contributed by atoms with Crippen molar-refractivity contribution in [2.75, 3.05) is 12.3 Å². The van der Waals surface area contributed by atoms with Crippen LogP contribution in [0.4, 0.5) is 0 Å². The Hall–Kier alpha value is -0.840. The molecule has 4 heteroatoms. The number of thioether (sulfide) groups is 1. The molecule has 0 heterocycles. The molecule has 0 spiro atoms. The lowest BCUT2D eigenvalue weighted by atomic mass is 10.2. The summed E-state index contributed by atoms with van der Waals surface area (Å²) < 4.78 is 0. The molecule has 0 aromatic carbocycles. The lowest BCUT2D eigenvalue weighted by Crippen LogP contribution is -2.29. The summed E-state index contributed by atoms with van der Waals surface area (Å²) in [5.74, 6) is 0.824. The molecule has 0 fully saturated rings. The Bertz CT molecular complexity index is 346. The highest BCUT2D eigenvalue weighted by atomic mass is 32.2. The van der Waals surface area contributed by atoms with Gasteiger partial charge in [-0.25, -0.2) is 0 Å². The minimum atomic E-state index is -0.656. The van der Waals surface area contributed by atoms with E-state index < -0.39 is 6.23 Å². The molecule has 0 bridgehead atoms. The number of hydrogen-bond acceptors (Lipinski definition) is 4. The fraction of sp³-hybridized carbons (Fsp3) is 0.500. The third-order valence-corrected chi connectivity index (χ3v) is 3.09. The maximum atomic E-state index is 9.58. The molecular weight excluding hydrogens is 244 g/mol. The van der Waals surface area contributed by atoms with E-state index in [1.165, 1.54) is 0 Å². The molecule has 0 aliphatic heterocycles. The van der Waals surface area contributed by atoms with Crippen molar-refractivity contribution in [2.45, 2.75) is 33.9 Å². The Morgan fingerprint density at radius 1 is 1.50 bits per heavy atom. The summed E-state index contributed by atoms with van der Waals surface area (Å²) >= 11 is 1.67. The van der Waals surface area contributed by atoms with Crippen molar-refractivity contribution in [3.63, 3.8) is 0 Å². The average Bonchev–Trinajstić information content (AvgIpc) is 2.34.